The van der Waals surface area contributed by atoms with Crippen molar-refractivity contribution >= 4 is 29.3 Å². The summed E-state index contributed by atoms with van der Waals surface area (Å²) in [4.78, 5) is 16.9. The molecular weight excluding hydrogens is 428 g/mol. The first kappa shape index (κ1) is 21.8. The zero-order valence-electron chi connectivity index (χ0n) is 17.2. The highest BCUT2D eigenvalue weighted by Crippen LogP contribution is 2.36. The van der Waals surface area contributed by atoms with Crippen LogP contribution >= 0.6 is 23.4 Å². The number of thioether (sulfide) groups is 1. The van der Waals surface area contributed by atoms with Crippen LogP contribution in [0.4, 0.5) is 0 Å². The second-order valence-corrected chi connectivity index (χ2v) is 9.13. The lowest BCUT2D eigenvalue weighted by Crippen LogP contribution is -2.47. The van der Waals surface area contributed by atoms with Crippen LogP contribution in [0.15, 0.2) is 79.1 Å². The van der Waals surface area contributed by atoms with Gasteiger partial charge in [-0.3, -0.25) is 9.78 Å². The topological polar surface area (TPSA) is 66.1 Å². The van der Waals surface area contributed by atoms with E-state index in [0.717, 1.165) is 16.7 Å². The number of nitrogens with one attached hydrogen (secondary N) is 3. The first-order valence-corrected chi connectivity index (χ1v) is 11.7. The Morgan fingerprint density at radius 1 is 1.03 bits per heavy atom. The Labute approximate surface area is 192 Å². The maximum atomic E-state index is 12.8. The fourth-order valence-corrected chi connectivity index (χ4v) is 5.01. The number of pyridine rings is 1. The van der Waals surface area contributed by atoms with Gasteiger partial charge in [-0.15, -0.1) is 11.8 Å². The van der Waals surface area contributed by atoms with E-state index in [0.29, 0.717) is 10.8 Å². The van der Waals surface area contributed by atoms with Gasteiger partial charge in [0.2, 0.25) is 5.91 Å². The standard InChI is InChI=1S/C24H25ClN4OS/c1-16-22(17-11-13-26-14-12-17)28-29-24(16)27-21(30)15-31-23(18-5-3-2-4-6-18)19-7-9-20(25)10-8-19/h2-14,16,22-24,28-29H,15H2,1H3,(H,27,30). The van der Waals surface area contributed by atoms with Gasteiger partial charge < -0.3 is 5.32 Å². The highest BCUT2D eigenvalue weighted by Gasteiger charge is 2.34. The van der Waals surface area contributed by atoms with Gasteiger partial charge in [0.15, 0.2) is 0 Å². The van der Waals surface area contributed by atoms with Crippen molar-refractivity contribution in [1.82, 2.24) is 21.2 Å². The van der Waals surface area contributed by atoms with Crippen molar-refractivity contribution in [3.63, 3.8) is 0 Å². The summed E-state index contributed by atoms with van der Waals surface area (Å²) in [6.45, 7) is 2.12. The van der Waals surface area contributed by atoms with Gasteiger partial charge >= 0.3 is 0 Å². The summed E-state index contributed by atoms with van der Waals surface area (Å²) in [5.74, 6) is 0.548. The van der Waals surface area contributed by atoms with Gasteiger partial charge in [0, 0.05) is 23.3 Å². The molecule has 4 rings (SSSR count). The molecule has 1 aliphatic heterocycles. The maximum absolute atomic E-state index is 12.8. The van der Waals surface area contributed by atoms with E-state index < -0.39 is 0 Å². The Balaban J connectivity index is 1.39. The largest absolute Gasteiger partial charge is 0.339 e. The third-order valence-electron chi connectivity index (χ3n) is 5.48. The summed E-state index contributed by atoms with van der Waals surface area (Å²) >= 11 is 7.68. The fraction of sp³-hybridized carbons (Fsp3) is 0.250. The molecule has 3 aromatic rings. The molecule has 1 aliphatic rings. The average Bonchev–Trinajstić information content (AvgIpc) is 3.16. The predicted octanol–water partition coefficient (Wildman–Crippen LogP) is 4.49. The van der Waals surface area contributed by atoms with Crippen LogP contribution in [-0.4, -0.2) is 22.8 Å². The predicted molar refractivity (Wildman–Crippen MR) is 127 cm³/mol. The minimum atomic E-state index is -0.142. The molecule has 31 heavy (non-hydrogen) atoms. The van der Waals surface area contributed by atoms with Gasteiger partial charge in [-0.25, -0.2) is 10.9 Å². The number of carbonyl (C=O) groups excluding carboxylic acids is 1. The van der Waals surface area contributed by atoms with Crippen LogP contribution in [0, 0.1) is 5.92 Å². The molecule has 160 valence electrons. The molecule has 0 spiro atoms. The summed E-state index contributed by atoms with van der Waals surface area (Å²) in [7, 11) is 0. The molecule has 0 saturated carbocycles. The van der Waals surface area contributed by atoms with Gasteiger partial charge in [0.25, 0.3) is 0 Å². The number of amides is 1. The SMILES string of the molecule is CC1C(NC(=O)CSC(c2ccccc2)c2ccc(Cl)cc2)NNC1c1ccncc1. The van der Waals surface area contributed by atoms with Crippen molar-refractivity contribution in [2.24, 2.45) is 5.92 Å². The zero-order chi connectivity index (χ0) is 21.6. The smallest absolute Gasteiger partial charge is 0.231 e. The Bertz CT molecular complexity index is 987. The molecule has 0 bridgehead atoms. The van der Waals surface area contributed by atoms with E-state index in [1.54, 1.807) is 24.2 Å². The summed E-state index contributed by atoms with van der Waals surface area (Å²) < 4.78 is 0. The van der Waals surface area contributed by atoms with Crippen LogP contribution < -0.4 is 16.2 Å². The van der Waals surface area contributed by atoms with Crippen molar-refractivity contribution in [2.75, 3.05) is 5.75 Å². The molecule has 1 amide bonds. The first-order chi connectivity index (χ1) is 15.1. The number of hydrazine groups is 1. The lowest BCUT2D eigenvalue weighted by atomic mass is 9.95. The van der Waals surface area contributed by atoms with E-state index in [1.165, 1.54) is 0 Å². The number of halogens is 1. The summed E-state index contributed by atoms with van der Waals surface area (Å²) in [5, 5.41) is 3.89. The third kappa shape index (κ3) is 5.46. The average molecular weight is 453 g/mol. The van der Waals surface area contributed by atoms with E-state index in [1.807, 2.05) is 54.6 Å². The third-order valence-corrected chi connectivity index (χ3v) is 7.04. The monoisotopic (exact) mass is 452 g/mol. The highest BCUT2D eigenvalue weighted by atomic mass is 35.5. The Morgan fingerprint density at radius 3 is 2.42 bits per heavy atom. The zero-order valence-corrected chi connectivity index (χ0v) is 18.7. The molecule has 4 unspecified atom stereocenters. The normalized spacial score (nSPS) is 21.5. The van der Waals surface area contributed by atoms with Crippen LogP contribution in [0.5, 0.6) is 0 Å². The lowest BCUT2D eigenvalue weighted by molar-refractivity contribution is -0.119. The van der Waals surface area contributed by atoms with Gasteiger partial charge in [-0.05, 0) is 41.0 Å². The number of rotatable bonds is 7. The molecule has 2 heterocycles. The quantitative estimate of drug-likeness (QED) is 0.493. The van der Waals surface area contributed by atoms with Crippen molar-refractivity contribution < 1.29 is 4.79 Å². The molecule has 4 atom stereocenters. The van der Waals surface area contributed by atoms with E-state index >= 15 is 0 Å². The van der Waals surface area contributed by atoms with Gasteiger partial charge in [0.1, 0.15) is 0 Å². The van der Waals surface area contributed by atoms with Gasteiger partial charge in [-0.2, -0.15) is 0 Å². The van der Waals surface area contributed by atoms with Crippen LogP contribution in [0.3, 0.4) is 0 Å². The van der Waals surface area contributed by atoms with Gasteiger partial charge in [0.05, 0.1) is 23.2 Å². The van der Waals surface area contributed by atoms with Crippen molar-refractivity contribution in [3.8, 4) is 0 Å². The molecule has 5 nitrogen and oxygen atoms in total. The number of aromatic nitrogens is 1. The molecular formula is C24H25ClN4OS. The van der Waals surface area contributed by atoms with Crippen molar-refractivity contribution in [1.29, 1.82) is 0 Å². The Morgan fingerprint density at radius 2 is 1.71 bits per heavy atom. The number of nitrogens with zero attached hydrogens (tertiary/aromatic N) is 1. The molecule has 1 fully saturated rings. The molecule has 0 aliphatic carbocycles. The van der Waals surface area contributed by atoms with Crippen LogP contribution in [0.25, 0.3) is 0 Å². The number of hydrogen-bond donors (Lipinski definition) is 3. The molecule has 2 aromatic carbocycles. The number of carbonyl (C=O) groups is 1. The van der Waals surface area contributed by atoms with Gasteiger partial charge in [-0.1, -0.05) is 61.0 Å². The Kier molecular flexibility index (Phi) is 7.25. The Hall–Kier alpha value is -2.38. The number of hydrogen-bond acceptors (Lipinski definition) is 5. The number of benzene rings is 2. The van der Waals surface area contributed by atoms with Crippen LogP contribution in [-0.2, 0) is 4.79 Å². The molecule has 1 saturated heterocycles. The van der Waals surface area contributed by atoms with Crippen LogP contribution in [0.1, 0.15) is 34.9 Å². The van der Waals surface area contributed by atoms with Crippen molar-refractivity contribution in [3.05, 3.63) is 101 Å². The van der Waals surface area contributed by atoms with Crippen molar-refractivity contribution in [2.45, 2.75) is 24.4 Å². The minimum absolute atomic E-state index is 0.00132. The van der Waals surface area contributed by atoms with E-state index in [-0.39, 0.29) is 29.3 Å². The summed E-state index contributed by atoms with van der Waals surface area (Å²) in [6.07, 6.45) is 3.43. The highest BCUT2D eigenvalue weighted by molar-refractivity contribution is 8.00. The second-order valence-electron chi connectivity index (χ2n) is 7.60. The summed E-state index contributed by atoms with van der Waals surface area (Å²) in [6, 6.07) is 22.2. The molecule has 3 N–H and O–H groups in total. The molecule has 0 radical (unpaired) electrons. The maximum Gasteiger partial charge on any atom is 0.231 e. The van der Waals surface area contributed by atoms with E-state index in [2.05, 4.69) is 40.2 Å². The second kappa shape index (κ2) is 10.3. The molecule has 1 aromatic heterocycles. The fourth-order valence-electron chi connectivity index (χ4n) is 3.78. The van der Waals surface area contributed by atoms with E-state index in [9.17, 15) is 4.79 Å². The first-order valence-electron chi connectivity index (χ1n) is 10.2. The van der Waals surface area contributed by atoms with Crippen LogP contribution in [0.2, 0.25) is 5.02 Å². The minimum Gasteiger partial charge on any atom is -0.339 e. The van der Waals surface area contributed by atoms with E-state index in [4.69, 9.17) is 11.6 Å². The lowest BCUT2D eigenvalue weighted by Gasteiger charge is -2.21. The summed E-state index contributed by atoms with van der Waals surface area (Å²) in [5.41, 5.74) is 9.94. The molecule has 7 heteroatoms.